The van der Waals surface area contributed by atoms with Gasteiger partial charge in [-0.2, -0.15) is 0 Å². The standard InChI is InChI=1S/C22H29N3O2/c1-23(2)22(26)21-11-10-20(27-21)16-25-14-18-8-9-19(25)15-24(13-18)12-17-6-4-3-5-7-17/h3-7,10-11,18-19H,8-9,12-16H2,1-2H3/t18-,19+/m0/s1. The van der Waals surface area contributed by atoms with Gasteiger partial charge in [0.2, 0.25) is 0 Å². The number of hydrogen-bond acceptors (Lipinski definition) is 4. The Morgan fingerprint density at radius 1 is 1.04 bits per heavy atom. The molecule has 2 atom stereocenters. The molecule has 5 rings (SSSR count). The van der Waals surface area contributed by atoms with Crippen LogP contribution in [0.2, 0.25) is 0 Å². The van der Waals surface area contributed by atoms with E-state index in [1.165, 1.54) is 24.9 Å². The molecule has 3 fully saturated rings. The molecule has 0 aliphatic carbocycles. The van der Waals surface area contributed by atoms with Crippen molar-refractivity contribution in [3.8, 4) is 0 Å². The number of amides is 1. The molecule has 4 heterocycles. The SMILES string of the molecule is CN(C)C(=O)c1ccc(CN2C[C@H]3CC[C@@H]2CN(Cc2ccccc2)C3)o1. The van der Waals surface area contributed by atoms with Crippen LogP contribution in [-0.2, 0) is 13.1 Å². The molecule has 0 unspecified atom stereocenters. The van der Waals surface area contributed by atoms with E-state index < -0.39 is 0 Å². The highest BCUT2D eigenvalue weighted by Gasteiger charge is 2.35. The Bertz CT molecular complexity index is 771. The van der Waals surface area contributed by atoms with Crippen LogP contribution in [0.3, 0.4) is 0 Å². The molecule has 2 bridgehead atoms. The van der Waals surface area contributed by atoms with Crippen molar-refractivity contribution in [1.82, 2.24) is 14.7 Å². The van der Waals surface area contributed by atoms with Crippen LogP contribution in [0, 0.1) is 5.92 Å². The van der Waals surface area contributed by atoms with Crippen molar-refractivity contribution in [2.45, 2.75) is 32.0 Å². The maximum atomic E-state index is 12.1. The topological polar surface area (TPSA) is 39.9 Å². The van der Waals surface area contributed by atoms with Crippen molar-refractivity contribution in [1.29, 1.82) is 0 Å². The number of furan rings is 1. The Balaban J connectivity index is 1.41. The summed E-state index contributed by atoms with van der Waals surface area (Å²) in [6.45, 7) is 5.22. The average molecular weight is 367 g/mol. The van der Waals surface area contributed by atoms with Gasteiger partial charge < -0.3 is 9.32 Å². The summed E-state index contributed by atoms with van der Waals surface area (Å²) in [6.07, 6.45) is 2.56. The van der Waals surface area contributed by atoms with E-state index in [2.05, 4.69) is 40.1 Å². The molecule has 5 nitrogen and oxygen atoms in total. The van der Waals surface area contributed by atoms with Gasteiger partial charge in [0.05, 0.1) is 6.54 Å². The first-order valence-electron chi connectivity index (χ1n) is 9.89. The highest BCUT2D eigenvalue weighted by molar-refractivity contribution is 5.91. The van der Waals surface area contributed by atoms with E-state index >= 15 is 0 Å². The van der Waals surface area contributed by atoms with Crippen molar-refractivity contribution in [2.24, 2.45) is 5.92 Å². The van der Waals surface area contributed by atoms with E-state index in [-0.39, 0.29) is 5.91 Å². The van der Waals surface area contributed by atoms with E-state index in [4.69, 9.17) is 4.42 Å². The van der Waals surface area contributed by atoms with Crippen LogP contribution < -0.4 is 0 Å². The lowest BCUT2D eigenvalue weighted by Gasteiger charge is -2.35. The van der Waals surface area contributed by atoms with E-state index in [9.17, 15) is 4.79 Å². The van der Waals surface area contributed by atoms with Gasteiger partial charge in [-0.05, 0) is 36.5 Å². The van der Waals surface area contributed by atoms with Gasteiger partial charge in [-0.25, -0.2) is 0 Å². The van der Waals surface area contributed by atoms with Gasteiger partial charge in [0.1, 0.15) is 5.76 Å². The second-order valence-electron chi connectivity index (χ2n) is 8.17. The Hall–Kier alpha value is -2.11. The van der Waals surface area contributed by atoms with Gasteiger partial charge in [0.15, 0.2) is 5.76 Å². The van der Waals surface area contributed by atoms with Crippen LogP contribution >= 0.6 is 0 Å². The number of hydrogen-bond donors (Lipinski definition) is 0. The molecule has 144 valence electrons. The first-order valence-corrected chi connectivity index (χ1v) is 9.89. The smallest absolute Gasteiger partial charge is 0.289 e. The third-order valence-electron chi connectivity index (χ3n) is 5.79. The van der Waals surface area contributed by atoms with Crippen molar-refractivity contribution in [3.05, 3.63) is 59.5 Å². The molecule has 1 aromatic heterocycles. The predicted octanol–water partition coefficient (Wildman–Crippen LogP) is 3.08. The first-order chi connectivity index (χ1) is 13.1. The molecule has 3 aliphatic rings. The monoisotopic (exact) mass is 367 g/mol. The van der Waals surface area contributed by atoms with Crippen molar-refractivity contribution in [2.75, 3.05) is 33.7 Å². The Morgan fingerprint density at radius 2 is 1.85 bits per heavy atom. The summed E-state index contributed by atoms with van der Waals surface area (Å²) in [5.41, 5.74) is 1.39. The Morgan fingerprint density at radius 3 is 2.63 bits per heavy atom. The van der Waals surface area contributed by atoms with Crippen LogP contribution in [-0.4, -0.2) is 60.4 Å². The molecule has 5 heteroatoms. The maximum absolute atomic E-state index is 12.1. The fraction of sp³-hybridized carbons (Fsp3) is 0.500. The quantitative estimate of drug-likeness (QED) is 0.814. The summed E-state index contributed by atoms with van der Waals surface area (Å²) in [5.74, 6) is 1.96. The predicted molar refractivity (Wildman–Crippen MR) is 105 cm³/mol. The van der Waals surface area contributed by atoms with Crippen molar-refractivity contribution < 1.29 is 9.21 Å². The van der Waals surface area contributed by atoms with Gasteiger partial charge in [-0.3, -0.25) is 14.6 Å². The Labute approximate surface area is 161 Å². The molecule has 3 aliphatic heterocycles. The highest BCUT2D eigenvalue weighted by Crippen LogP contribution is 2.30. The number of nitrogens with zero attached hydrogens (tertiary/aromatic N) is 3. The normalized spacial score (nSPS) is 23.3. The lowest BCUT2D eigenvalue weighted by molar-refractivity contribution is 0.0785. The largest absolute Gasteiger partial charge is 0.455 e. The van der Waals surface area contributed by atoms with Crippen LogP contribution in [0.1, 0.15) is 34.7 Å². The first kappa shape index (κ1) is 18.3. The molecule has 27 heavy (non-hydrogen) atoms. The molecule has 0 N–H and O–H groups in total. The zero-order valence-electron chi connectivity index (χ0n) is 16.3. The zero-order valence-corrected chi connectivity index (χ0v) is 16.3. The summed E-state index contributed by atoms with van der Waals surface area (Å²) in [4.78, 5) is 18.8. The van der Waals surface area contributed by atoms with Crippen LogP contribution in [0.25, 0.3) is 0 Å². The van der Waals surface area contributed by atoms with Crippen LogP contribution in [0.15, 0.2) is 46.9 Å². The number of benzene rings is 1. The minimum Gasteiger partial charge on any atom is -0.455 e. The molecule has 3 saturated heterocycles. The fourth-order valence-electron chi connectivity index (χ4n) is 4.44. The zero-order chi connectivity index (χ0) is 18.8. The highest BCUT2D eigenvalue weighted by atomic mass is 16.4. The van der Waals surface area contributed by atoms with Crippen molar-refractivity contribution in [3.63, 3.8) is 0 Å². The summed E-state index contributed by atoms with van der Waals surface area (Å²) < 4.78 is 5.83. The molecule has 0 spiro atoms. The number of fused-ring (bicyclic) bond motifs is 4. The molecular weight excluding hydrogens is 338 g/mol. The minimum atomic E-state index is -0.0762. The lowest BCUT2D eigenvalue weighted by Crippen LogP contribution is -2.43. The molecule has 1 amide bonds. The number of carbonyl (C=O) groups excluding carboxylic acids is 1. The van der Waals surface area contributed by atoms with Crippen molar-refractivity contribution >= 4 is 5.91 Å². The minimum absolute atomic E-state index is 0.0762. The van der Waals surface area contributed by atoms with Crippen LogP contribution in [0.5, 0.6) is 0 Å². The fourth-order valence-corrected chi connectivity index (χ4v) is 4.44. The molecule has 1 aromatic carbocycles. The molecule has 2 aromatic rings. The number of rotatable bonds is 5. The van der Waals surface area contributed by atoms with Gasteiger partial charge in [-0.1, -0.05) is 30.3 Å². The van der Waals surface area contributed by atoms with Gasteiger partial charge in [-0.15, -0.1) is 0 Å². The lowest BCUT2D eigenvalue weighted by atomic mass is 9.95. The number of piperidine rings is 1. The van der Waals surface area contributed by atoms with E-state index in [1.807, 2.05) is 6.07 Å². The number of carbonyl (C=O) groups is 1. The summed E-state index contributed by atoms with van der Waals surface area (Å²) in [5, 5.41) is 0. The summed E-state index contributed by atoms with van der Waals surface area (Å²) >= 11 is 0. The Kier molecular flexibility index (Phi) is 5.32. The molecule has 0 radical (unpaired) electrons. The summed E-state index contributed by atoms with van der Waals surface area (Å²) in [7, 11) is 3.50. The summed E-state index contributed by atoms with van der Waals surface area (Å²) in [6, 6.07) is 15.1. The molecule has 0 saturated carbocycles. The maximum Gasteiger partial charge on any atom is 0.289 e. The van der Waals surface area contributed by atoms with Gasteiger partial charge in [0.25, 0.3) is 5.91 Å². The van der Waals surface area contributed by atoms with E-state index in [0.717, 1.165) is 31.9 Å². The second kappa shape index (κ2) is 7.87. The third-order valence-corrected chi connectivity index (χ3v) is 5.79. The average Bonchev–Trinajstić information content (AvgIpc) is 2.95. The van der Waals surface area contributed by atoms with Gasteiger partial charge >= 0.3 is 0 Å². The third kappa shape index (κ3) is 4.25. The second-order valence-corrected chi connectivity index (χ2v) is 8.17. The van der Waals surface area contributed by atoms with E-state index in [1.54, 1.807) is 25.1 Å². The van der Waals surface area contributed by atoms with Gasteiger partial charge in [0, 0.05) is 46.3 Å². The van der Waals surface area contributed by atoms with Crippen LogP contribution in [0.4, 0.5) is 0 Å². The molecular formula is C22H29N3O2. The van der Waals surface area contributed by atoms with E-state index in [0.29, 0.717) is 17.7 Å².